The van der Waals surface area contributed by atoms with Crippen LogP contribution < -0.4 is 0 Å². The summed E-state index contributed by atoms with van der Waals surface area (Å²) in [5.41, 5.74) is 3.34. The summed E-state index contributed by atoms with van der Waals surface area (Å²) in [6.07, 6.45) is 3.67. The fourth-order valence-electron chi connectivity index (χ4n) is 2.25. The number of carbonyl (C=O) groups excluding carboxylic acids is 1. The predicted molar refractivity (Wildman–Crippen MR) is 78.8 cm³/mol. The zero-order chi connectivity index (χ0) is 13.9. The molecule has 0 amide bonds. The zero-order valence-corrected chi connectivity index (χ0v) is 11.2. The summed E-state index contributed by atoms with van der Waals surface area (Å²) < 4.78 is 0. The number of fused-ring (bicyclic) bond motifs is 1. The van der Waals surface area contributed by atoms with Gasteiger partial charge in [0.25, 0.3) is 0 Å². The van der Waals surface area contributed by atoms with Gasteiger partial charge in [-0.1, -0.05) is 24.3 Å². The highest BCUT2D eigenvalue weighted by Gasteiger charge is 2.10. The molecule has 0 unspecified atom stereocenters. The molecule has 0 aliphatic heterocycles. The van der Waals surface area contributed by atoms with Gasteiger partial charge in [-0.05, 0) is 30.7 Å². The van der Waals surface area contributed by atoms with Crippen LogP contribution in [0, 0.1) is 6.92 Å². The van der Waals surface area contributed by atoms with Crippen molar-refractivity contribution in [2.75, 3.05) is 0 Å². The Bertz CT molecular complexity index is 781. The van der Waals surface area contributed by atoms with E-state index in [1.165, 1.54) is 0 Å². The lowest BCUT2D eigenvalue weighted by Gasteiger charge is -2.05. The van der Waals surface area contributed by atoms with Crippen LogP contribution in [-0.4, -0.2) is 15.8 Å². The highest BCUT2D eigenvalue weighted by Crippen LogP contribution is 2.14. The highest BCUT2D eigenvalue weighted by atomic mass is 16.1. The highest BCUT2D eigenvalue weighted by molar-refractivity contribution is 5.98. The van der Waals surface area contributed by atoms with Crippen LogP contribution in [0.4, 0.5) is 0 Å². The van der Waals surface area contributed by atoms with Gasteiger partial charge in [-0.15, -0.1) is 0 Å². The maximum Gasteiger partial charge on any atom is 0.169 e. The van der Waals surface area contributed by atoms with Gasteiger partial charge in [0.05, 0.1) is 11.9 Å². The number of Topliss-reactive ketones (excluding diaryl/α,β-unsaturated/α-hetero) is 1. The normalized spacial score (nSPS) is 10.7. The standard InChI is InChI=1S/C17H14N2O/c1-12-11-18-9-8-15(12)17(20)10-14-7-6-13-4-2-3-5-16(13)19-14/h2-9,11H,10H2,1H3. The number of aryl methyl sites for hydroxylation is 1. The second kappa shape index (κ2) is 5.21. The van der Waals surface area contributed by atoms with Crippen LogP contribution in [0.25, 0.3) is 10.9 Å². The molecule has 2 aromatic heterocycles. The summed E-state index contributed by atoms with van der Waals surface area (Å²) in [4.78, 5) is 20.8. The second-order valence-electron chi connectivity index (χ2n) is 4.79. The van der Waals surface area contributed by atoms with Gasteiger partial charge in [-0.25, -0.2) is 0 Å². The van der Waals surface area contributed by atoms with Crippen LogP contribution in [0.15, 0.2) is 54.9 Å². The number of hydrogen-bond donors (Lipinski definition) is 0. The Morgan fingerprint density at radius 1 is 1.10 bits per heavy atom. The van der Waals surface area contributed by atoms with Gasteiger partial charge in [0, 0.05) is 29.0 Å². The van der Waals surface area contributed by atoms with Crippen LogP contribution in [0.1, 0.15) is 21.6 Å². The molecule has 0 saturated heterocycles. The van der Waals surface area contributed by atoms with Crippen molar-refractivity contribution >= 4 is 16.7 Å². The van der Waals surface area contributed by atoms with Gasteiger partial charge >= 0.3 is 0 Å². The number of hydrogen-bond acceptors (Lipinski definition) is 3. The molecule has 0 fully saturated rings. The molecule has 3 nitrogen and oxygen atoms in total. The van der Waals surface area contributed by atoms with E-state index in [1.807, 2.05) is 43.3 Å². The molecule has 3 rings (SSSR count). The van der Waals surface area contributed by atoms with Gasteiger partial charge in [0.15, 0.2) is 5.78 Å². The topological polar surface area (TPSA) is 42.9 Å². The molecular formula is C17H14N2O. The first-order chi connectivity index (χ1) is 9.74. The molecule has 3 aromatic rings. The molecule has 0 saturated carbocycles. The molecule has 0 aliphatic rings. The van der Waals surface area contributed by atoms with E-state index in [9.17, 15) is 4.79 Å². The number of rotatable bonds is 3. The third kappa shape index (κ3) is 2.43. The van der Waals surface area contributed by atoms with E-state index in [1.54, 1.807) is 18.5 Å². The summed E-state index contributed by atoms with van der Waals surface area (Å²) in [5, 5.41) is 1.09. The Hall–Kier alpha value is -2.55. The van der Waals surface area contributed by atoms with E-state index in [0.717, 1.165) is 27.7 Å². The van der Waals surface area contributed by atoms with E-state index in [4.69, 9.17) is 0 Å². The van der Waals surface area contributed by atoms with E-state index in [-0.39, 0.29) is 5.78 Å². The third-order valence-corrected chi connectivity index (χ3v) is 3.32. The summed E-state index contributed by atoms with van der Waals surface area (Å²) in [7, 11) is 0. The van der Waals surface area contributed by atoms with Crippen molar-refractivity contribution in [3.8, 4) is 0 Å². The van der Waals surface area contributed by atoms with Gasteiger partial charge < -0.3 is 0 Å². The first-order valence-electron chi connectivity index (χ1n) is 6.52. The van der Waals surface area contributed by atoms with Crippen molar-refractivity contribution in [1.82, 2.24) is 9.97 Å². The number of nitrogens with zero attached hydrogens (tertiary/aromatic N) is 2. The summed E-state index contributed by atoms with van der Waals surface area (Å²) >= 11 is 0. The minimum atomic E-state index is 0.0766. The smallest absolute Gasteiger partial charge is 0.169 e. The predicted octanol–water partition coefficient (Wildman–Crippen LogP) is 3.36. The van der Waals surface area contributed by atoms with Crippen LogP contribution in [0.3, 0.4) is 0 Å². The number of para-hydroxylation sites is 1. The Kier molecular flexibility index (Phi) is 3.25. The minimum absolute atomic E-state index is 0.0766. The Balaban J connectivity index is 1.89. The number of ketones is 1. The van der Waals surface area contributed by atoms with Gasteiger partial charge in [-0.3, -0.25) is 14.8 Å². The first kappa shape index (κ1) is 12.5. The molecule has 1 aromatic carbocycles. The van der Waals surface area contributed by atoms with Crippen LogP contribution >= 0.6 is 0 Å². The lowest BCUT2D eigenvalue weighted by atomic mass is 10.0. The van der Waals surface area contributed by atoms with Crippen molar-refractivity contribution in [3.63, 3.8) is 0 Å². The van der Waals surface area contributed by atoms with Crippen molar-refractivity contribution in [2.24, 2.45) is 0 Å². The Morgan fingerprint density at radius 3 is 2.80 bits per heavy atom. The van der Waals surface area contributed by atoms with Crippen LogP contribution in [-0.2, 0) is 6.42 Å². The first-order valence-corrected chi connectivity index (χ1v) is 6.52. The lowest BCUT2D eigenvalue weighted by Crippen LogP contribution is -2.07. The largest absolute Gasteiger partial charge is 0.294 e. The average molecular weight is 262 g/mol. The SMILES string of the molecule is Cc1cnccc1C(=O)Cc1ccc2ccccc2n1. The molecular weight excluding hydrogens is 248 g/mol. The fourth-order valence-corrected chi connectivity index (χ4v) is 2.25. The summed E-state index contributed by atoms with van der Waals surface area (Å²) in [6, 6.07) is 13.6. The van der Waals surface area contributed by atoms with Gasteiger partial charge in [0.2, 0.25) is 0 Å². The lowest BCUT2D eigenvalue weighted by molar-refractivity contribution is 0.0991. The number of aromatic nitrogens is 2. The van der Waals surface area contributed by atoms with Crippen LogP contribution in [0.5, 0.6) is 0 Å². The van der Waals surface area contributed by atoms with Crippen molar-refractivity contribution in [3.05, 3.63) is 71.7 Å². The average Bonchev–Trinajstić information content (AvgIpc) is 2.47. The van der Waals surface area contributed by atoms with Gasteiger partial charge in [-0.2, -0.15) is 0 Å². The van der Waals surface area contributed by atoms with E-state index < -0.39 is 0 Å². The fraction of sp³-hybridized carbons (Fsp3) is 0.118. The molecule has 98 valence electrons. The molecule has 0 radical (unpaired) electrons. The molecule has 0 atom stereocenters. The summed E-state index contributed by atoms with van der Waals surface area (Å²) in [5.74, 6) is 0.0766. The number of benzene rings is 1. The third-order valence-electron chi connectivity index (χ3n) is 3.32. The van der Waals surface area contributed by atoms with E-state index in [0.29, 0.717) is 6.42 Å². The van der Waals surface area contributed by atoms with Crippen molar-refractivity contribution in [2.45, 2.75) is 13.3 Å². The van der Waals surface area contributed by atoms with Crippen molar-refractivity contribution < 1.29 is 4.79 Å². The molecule has 0 N–H and O–H groups in total. The van der Waals surface area contributed by atoms with E-state index in [2.05, 4.69) is 9.97 Å². The molecule has 20 heavy (non-hydrogen) atoms. The minimum Gasteiger partial charge on any atom is -0.294 e. The maximum absolute atomic E-state index is 12.3. The monoisotopic (exact) mass is 262 g/mol. The van der Waals surface area contributed by atoms with Crippen LogP contribution in [0.2, 0.25) is 0 Å². The molecule has 3 heteroatoms. The Labute approximate surface area is 117 Å². The molecule has 0 bridgehead atoms. The van der Waals surface area contributed by atoms with Crippen molar-refractivity contribution in [1.29, 1.82) is 0 Å². The van der Waals surface area contributed by atoms with E-state index >= 15 is 0 Å². The Morgan fingerprint density at radius 2 is 1.95 bits per heavy atom. The molecule has 2 heterocycles. The quantitative estimate of drug-likeness (QED) is 0.680. The number of pyridine rings is 2. The molecule has 0 spiro atoms. The zero-order valence-electron chi connectivity index (χ0n) is 11.2. The summed E-state index contributed by atoms with van der Waals surface area (Å²) in [6.45, 7) is 1.90. The van der Waals surface area contributed by atoms with Gasteiger partial charge in [0.1, 0.15) is 0 Å². The molecule has 0 aliphatic carbocycles. The second-order valence-corrected chi connectivity index (χ2v) is 4.79. The number of carbonyl (C=O) groups is 1. The maximum atomic E-state index is 12.3.